The fourth-order valence-electron chi connectivity index (χ4n) is 6.01. The molecule has 416 valence electrons. The van der Waals surface area contributed by atoms with E-state index in [4.69, 9.17) is 61.6 Å². The van der Waals surface area contributed by atoms with E-state index < -0.39 is 201 Å². The van der Waals surface area contributed by atoms with Gasteiger partial charge in [0.1, 0.15) is 112 Å². The molecule has 26 heteroatoms. The van der Waals surface area contributed by atoms with E-state index in [0.29, 0.717) is 0 Å². The number of hydrogen-bond acceptors (Lipinski definition) is 26. The second-order valence-electron chi connectivity index (χ2n) is 17.3. The Labute approximate surface area is 422 Å². The minimum absolute atomic E-state index is 0.00722. The maximum absolute atomic E-state index is 12.2. The zero-order valence-electron chi connectivity index (χ0n) is 41.6. The van der Waals surface area contributed by atoms with Gasteiger partial charge in [-0.3, -0.25) is 0 Å². The SMILES string of the molecule is C=C(C)C(=O)OCC(O)COC[C@H]1O[C@@H](O[C@H]2[C@H](OCC(O)COC(=O)C(=C)C)[C@@H](OCC(O)COC(=O)C(=C)C)[C@@H](OCC(O)COC(=O)C(=C)C)O[C@@H]2COCC(O)COC(=O)C(=C)C)[C@H](O)[C@@H](O)[C@H]1O. The van der Waals surface area contributed by atoms with E-state index in [9.17, 15) is 64.8 Å². The van der Waals surface area contributed by atoms with Crippen molar-refractivity contribution in [3.63, 3.8) is 0 Å². The molecule has 0 aromatic rings. The van der Waals surface area contributed by atoms with Crippen LogP contribution in [0.2, 0.25) is 0 Å². The molecule has 2 fully saturated rings. The third kappa shape index (κ3) is 23.2. The first-order valence-electron chi connectivity index (χ1n) is 22.8. The molecule has 2 saturated heterocycles. The summed E-state index contributed by atoms with van der Waals surface area (Å²) in [7, 11) is 0. The molecule has 0 spiro atoms. The van der Waals surface area contributed by atoms with Gasteiger partial charge < -0.3 is 102 Å². The average molecular weight is 1050 g/mol. The molecule has 0 saturated carbocycles. The van der Waals surface area contributed by atoms with Crippen molar-refractivity contribution < 1.29 is 126 Å². The van der Waals surface area contributed by atoms with E-state index in [1.54, 1.807) is 0 Å². The van der Waals surface area contributed by atoms with Crippen LogP contribution in [0.4, 0.5) is 0 Å². The van der Waals surface area contributed by atoms with Gasteiger partial charge >= 0.3 is 29.8 Å². The Hall–Kier alpha value is -4.59. The Bertz CT molecular complexity index is 1850. The fourth-order valence-corrected chi connectivity index (χ4v) is 6.01. The zero-order chi connectivity index (χ0) is 55.1. The Kier molecular flexibility index (Phi) is 28.9. The first-order chi connectivity index (χ1) is 34.2. The van der Waals surface area contributed by atoms with Crippen LogP contribution in [0.25, 0.3) is 0 Å². The lowest BCUT2D eigenvalue weighted by molar-refractivity contribution is -0.370. The maximum Gasteiger partial charge on any atom is 0.333 e. The van der Waals surface area contributed by atoms with Crippen LogP contribution in [-0.4, -0.2) is 242 Å². The minimum atomic E-state index is -2.06. The van der Waals surface area contributed by atoms with Gasteiger partial charge in [-0.25, -0.2) is 24.0 Å². The summed E-state index contributed by atoms with van der Waals surface area (Å²) in [5, 5.41) is 86.9. The molecular formula is C47H72O26. The molecule has 73 heavy (non-hydrogen) atoms. The summed E-state index contributed by atoms with van der Waals surface area (Å²) in [5.41, 5.74) is 0.177. The number of rotatable bonds is 34. The van der Waals surface area contributed by atoms with Crippen LogP contribution < -0.4 is 0 Å². The molecule has 0 aromatic heterocycles. The molecule has 0 aliphatic carbocycles. The van der Waals surface area contributed by atoms with Crippen LogP contribution in [-0.2, 0) is 85.6 Å². The summed E-state index contributed by atoms with van der Waals surface area (Å²) in [5.74, 6) is -4.10. The second-order valence-corrected chi connectivity index (χ2v) is 17.3. The third-order valence-corrected chi connectivity index (χ3v) is 9.93. The highest BCUT2D eigenvalue weighted by Crippen LogP contribution is 2.33. The van der Waals surface area contributed by atoms with Gasteiger partial charge in [0.05, 0.1) is 46.2 Å². The molecule has 26 nitrogen and oxygen atoms in total. The predicted octanol–water partition coefficient (Wildman–Crippen LogP) is -2.87. The van der Waals surface area contributed by atoms with Gasteiger partial charge in [-0.05, 0) is 34.6 Å². The maximum atomic E-state index is 12.2. The van der Waals surface area contributed by atoms with Crippen LogP contribution in [0.3, 0.4) is 0 Å². The van der Waals surface area contributed by atoms with Gasteiger partial charge in [-0.15, -0.1) is 0 Å². The quantitative estimate of drug-likeness (QED) is 0.0182. The van der Waals surface area contributed by atoms with Crippen molar-refractivity contribution in [2.45, 2.75) is 127 Å². The van der Waals surface area contributed by atoms with Gasteiger partial charge in [0, 0.05) is 27.9 Å². The lowest BCUT2D eigenvalue weighted by atomic mass is 9.96. The third-order valence-electron chi connectivity index (χ3n) is 9.93. The topological polar surface area (TPSA) is 367 Å². The lowest BCUT2D eigenvalue weighted by Crippen LogP contribution is -2.66. The minimum Gasteiger partial charge on any atom is -0.460 e. The lowest BCUT2D eigenvalue weighted by Gasteiger charge is -2.48. The Balaban J connectivity index is 2.65. The largest absolute Gasteiger partial charge is 0.460 e. The van der Waals surface area contributed by atoms with Crippen molar-refractivity contribution in [2.24, 2.45) is 0 Å². The van der Waals surface area contributed by atoms with Crippen molar-refractivity contribution in [3.05, 3.63) is 60.8 Å². The first-order valence-corrected chi connectivity index (χ1v) is 22.8. The van der Waals surface area contributed by atoms with Crippen LogP contribution in [0.15, 0.2) is 60.8 Å². The molecule has 5 unspecified atom stereocenters. The van der Waals surface area contributed by atoms with E-state index >= 15 is 0 Å². The van der Waals surface area contributed by atoms with Gasteiger partial charge in [-0.2, -0.15) is 0 Å². The highest BCUT2D eigenvalue weighted by molar-refractivity contribution is 5.88. The highest BCUT2D eigenvalue weighted by atomic mass is 16.8. The van der Waals surface area contributed by atoms with Gasteiger partial charge in [0.2, 0.25) is 0 Å². The second kappa shape index (κ2) is 32.7. The smallest absolute Gasteiger partial charge is 0.333 e. The van der Waals surface area contributed by atoms with E-state index in [-0.39, 0.29) is 27.9 Å². The summed E-state index contributed by atoms with van der Waals surface area (Å²) < 4.78 is 73.0. The Morgan fingerprint density at radius 2 is 0.712 bits per heavy atom. The molecule has 0 aromatic carbocycles. The van der Waals surface area contributed by atoms with E-state index in [1.165, 1.54) is 34.6 Å². The molecule has 0 radical (unpaired) electrons. The zero-order valence-corrected chi connectivity index (χ0v) is 41.6. The van der Waals surface area contributed by atoms with Crippen LogP contribution >= 0.6 is 0 Å². The van der Waals surface area contributed by atoms with Crippen LogP contribution in [0, 0.1) is 0 Å². The van der Waals surface area contributed by atoms with Crippen molar-refractivity contribution in [1.82, 2.24) is 0 Å². The van der Waals surface area contributed by atoms with Gasteiger partial charge in [-0.1, -0.05) is 32.9 Å². The molecule has 2 heterocycles. The van der Waals surface area contributed by atoms with E-state index in [0.717, 1.165) is 0 Å². The number of carbonyl (C=O) groups is 5. The van der Waals surface area contributed by atoms with Crippen molar-refractivity contribution in [2.75, 3.05) is 79.3 Å². The number of aliphatic hydroxyl groups excluding tert-OH is 8. The molecule has 0 amide bonds. The first kappa shape index (κ1) is 64.5. The van der Waals surface area contributed by atoms with Crippen molar-refractivity contribution in [1.29, 1.82) is 0 Å². The van der Waals surface area contributed by atoms with Gasteiger partial charge in [0.25, 0.3) is 0 Å². The van der Waals surface area contributed by atoms with Crippen molar-refractivity contribution in [3.8, 4) is 0 Å². The summed E-state index contributed by atoms with van der Waals surface area (Å²) in [4.78, 5) is 60.2. The molecule has 8 N–H and O–H groups in total. The molecule has 0 bridgehead atoms. The summed E-state index contributed by atoms with van der Waals surface area (Å²) in [6.45, 7) is 17.1. The number of ether oxygens (including phenoxy) is 13. The monoisotopic (exact) mass is 1050 g/mol. The summed E-state index contributed by atoms with van der Waals surface area (Å²) >= 11 is 0. The van der Waals surface area contributed by atoms with E-state index in [2.05, 4.69) is 32.9 Å². The summed E-state index contributed by atoms with van der Waals surface area (Å²) in [6, 6.07) is 0. The fraction of sp³-hybridized carbons (Fsp3) is 0.681. The standard InChI is InChI=1S/C47H72O26/c1-23(2)41(56)65-15-28(48)11-61-21-33-35(53)36(54)37(55)46(71-33)73-38-34(22-62-12-29(49)16-66-42(57)24(3)4)72-47(70-20-32(52)19-69-45(60)27(9)10)40(64-14-31(51)18-68-44(59)26(7)8)39(38)63-13-30(50)17-67-43(58)25(5)6/h28-40,46-55H,1,3,5,7,9,11-22H2,2,4,6,8,10H3/t28?,29?,30?,31?,32?,33-,34-,35+,36+,37-,38-,39+,40-,46+,47+/m1/s1. The van der Waals surface area contributed by atoms with Crippen LogP contribution in [0.1, 0.15) is 34.6 Å². The Morgan fingerprint density at radius 3 is 1.08 bits per heavy atom. The van der Waals surface area contributed by atoms with E-state index in [1.807, 2.05) is 0 Å². The predicted molar refractivity (Wildman–Crippen MR) is 246 cm³/mol. The average Bonchev–Trinajstić information content (AvgIpc) is 3.33. The van der Waals surface area contributed by atoms with Crippen LogP contribution in [0.5, 0.6) is 0 Å². The Morgan fingerprint density at radius 1 is 0.397 bits per heavy atom. The molecule has 2 aliphatic heterocycles. The highest BCUT2D eigenvalue weighted by Gasteiger charge is 2.53. The number of carbonyl (C=O) groups excluding carboxylic acids is 5. The number of hydrogen-bond donors (Lipinski definition) is 8. The number of esters is 5. The molecule has 2 rings (SSSR count). The molecule has 15 atom stereocenters. The molecule has 2 aliphatic rings. The summed E-state index contributed by atoms with van der Waals surface area (Å²) in [6.07, 6.45) is -25.1. The normalized spacial score (nSPS) is 25.9. The number of aliphatic hydroxyl groups is 8. The molecular weight excluding hydrogens is 980 g/mol. The van der Waals surface area contributed by atoms with Crippen molar-refractivity contribution >= 4 is 29.8 Å². The van der Waals surface area contributed by atoms with Gasteiger partial charge in [0.15, 0.2) is 12.6 Å².